The molecular formula is C14H16F4N4O. The summed E-state index contributed by atoms with van der Waals surface area (Å²) < 4.78 is 56.1. The molecule has 0 bridgehead atoms. The van der Waals surface area contributed by atoms with Gasteiger partial charge in [-0.15, -0.1) is 5.10 Å². The van der Waals surface area contributed by atoms with Gasteiger partial charge in [-0.3, -0.25) is 0 Å². The van der Waals surface area contributed by atoms with Crippen LogP contribution < -0.4 is 0 Å². The third-order valence-electron chi connectivity index (χ3n) is 2.92. The van der Waals surface area contributed by atoms with Crippen LogP contribution >= 0.6 is 0 Å². The van der Waals surface area contributed by atoms with E-state index in [0.717, 1.165) is 0 Å². The lowest BCUT2D eigenvalue weighted by Crippen LogP contribution is -2.32. The molecule has 0 saturated carbocycles. The Morgan fingerprint density at radius 2 is 2.00 bits per heavy atom. The molecular weight excluding hydrogens is 316 g/mol. The van der Waals surface area contributed by atoms with Crippen LogP contribution in [0.5, 0.6) is 0 Å². The molecule has 2 rings (SSSR count). The van der Waals surface area contributed by atoms with Crippen molar-refractivity contribution in [3.8, 4) is 5.82 Å². The van der Waals surface area contributed by atoms with Gasteiger partial charge in [0.05, 0.1) is 0 Å². The van der Waals surface area contributed by atoms with Gasteiger partial charge >= 0.3 is 12.3 Å². The maximum absolute atomic E-state index is 12.9. The summed E-state index contributed by atoms with van der Waals surface area (Å²) in [6.07, 6.45) is -2.23. The van der Waals surface area contributed by atoms with Gasteiger partial charge in [0.1, 0.15) is 13.2 Å². The van der Waals surface area contributed by atoms with Gasteiger partial charge in [0.15, 0.2) is 17.5 Å². The van der Waals surface area contributed by atoms with E-state index < -0.39 is 19.0 Å². The molecule has 126 valence electrons. The smallest absolute Gasteiger partial charge is 0.330 e. The number of rotatable bonds is 7. The highest BCUT2D eigenvalue weighted by Crippen LogP contribution is 2.23. The molecule has 5 nitrogen and oxygen atoms in total. The summed E-state index contributed by atoms with van der Waals surface area (Å²) in [5.41, 5.74) is 0. The zero-order chi connectivity index (χ0) is 17.0. The van der Waals surface area contributed by atoms with Gasteiger partial charge in [-0.2, -0.15) is 13.5 Å². The van der Waals surface area contributed by atoms with E-state index in [4.69, 9.17) is 4.74 Å². The van der Waals surface area contributed by atoms with E-state index in [1.807, 2.05) is 13.8 Å². The van der Waals surface area contributed by atoms with E-state index in [1.165, 1.54) is 4.68 Å². The van der Waals surface area contributed by atoms with Crippen LogP contribution in [0.2, 0.25) is 0 Å². The lowest BCUT2D eigenvalue weighted by atomic mass is 10.2. The predicted molar refractivity (Wildman–Crippen MR) is 73.9 cm³/mol. The maximum Gasteiger partial charge on any atom is 0.330 e. The summed E-state index contributed by atoms with van der Waals surface area (Å²) in [5, 5.41) is 4.26. The van der Waals surface area contributed by atoms with Gasteiger partial charge in [-0.05, 0) is 12.1 Å². The van der Waals surface area contributed by atoms with E-state index in [9.17, 15) is 17.6 Å². The Morgan fingerprint density at radius 3 is 2.57 bits per heavy atom. The van der Waals surface area contributed by atoms with Gasteiger partial charge in [-0.1, -0.05) is 19.9 Å². The van der Waals surface area contributed by atoms with Crippen molar-refractivity contribution in [3.05, 3.63) is 36.0 Å². The number of pyridine rings is 1. The van der Waals surface area contributed by atoms with Gasteiger partial charge in [-0.25, -0.2) is 18.7 Å². The second kappa shape index (κ2) is 7.03. The number of hydrogen-bond donors (Lipinski definition) is 0. The molecule has 0 N–H and O–H groups in total. The highest BCUT2D eigenvalue weighted by Gasteiger charge is 2.41. The van der Waals surface area contributed by atoms with Crippen LogP contribution in [-0.4, -0.2) is 38.7 Å². The monoisotopic (exact) mass is 332 g/mol. The molecule has 2 aromatic rings. The number of hydrogen-bond acceptors (Lipinski definition) is 4. The van der Waals surface area contributed by atoms with Crippen LogP contribution in [-0.2, 0) is 11.3 Å². The van der Waals surface area contributed by atoms with Gasteiger partial charge in [0, 0.05) is 12.1 Å². The van der Waals surface area contributed by atoms with Crippen molar-refractivity contribution in [2.45, 2.75) is 38.7 Å². The fourth-order valence-corrected chi connectivity index (χ4v) is 1.70. The van der Waals surface area contributed by atoms with E-state index in [1.54, 1.807) is 24.4 Å². The molecule has 0 amide bonds. The lowest BCUT2D eigenvalue weighted by Gasteiger charge is -2.14. The fraction of sp³-hybridized carbons (Fsp3) is 0.500. The Kier molecular flexibility index (Phi) is 5.30. The molecule has 2 heterocycles. The molecule has 2 aromatic heterocycles. The Labute approximate surface area is 130 Å². The summed E-state index contributed by atoms with van der Waals surface area (Å²) in [6.45, 7) is 1.97. The lowest BCUT2D eigenvalue weighted by molar-refractivity contribution is -0.168. The molecule has 0 fully saturated rings. The van der Waals surface area contributed by atoms with Gasteiger partial charge in [0.2, 0.25) is 0 Å². The summed E-state index contributed by atoms with van der Waals surface area (Å²) in [7, 11) is 0. The van der Waals surface area contributed by atoms with Crippen LogP contribution in [0.25, 0.3) is 5.82 Å². The summed E-state index contributed by atoms with van der Waals surface area (Å²) >= 11 is 0. The first-order valence-corrected chi connectivity index (χ1v) is 6.92. The van der Waals surface area contributed by atoms with Crippen molar-refractivity contribution < 1.29 is 22.3 Å². The van der Waals surface area contributed by atoms with Crippen LogP contribution in [0.15, 0.2) is 24.4 Å². The Morgan fingerprint density at radius 1 is 1.26 bits per heavy atom. The Balaban J connectivity index is 2.17. The minimum Gasteiger partial charge on any atom is -0.367 e. The molecule has 0 radical (unpaired) electrons. The third kappa shape index (κ3) is 4.25. The van der Waals surface area contributed by atoms with Gasteiger partial charge in [0.25, 0.3) is 0 Å². The van der Waals surface area contributed by atoms with E-state index in [-0.39, 0.29) is 18.3 Å². The quantitative estimate of drug-likeness (QED) is 0.731. The molecule has 0 aliphatic carbocycles. The van der Waals surface area contributed by atoms with Crippen molar-refractivity contribution >= 4 is 0 Å². The molecule has 0 spiro atoms. The number of aromatic nitrogens is 4. The first-order chi connectivity index (χ1) is 10.8. The third-order valence-corrected chi connectivity index (χ3v) is 2.92. The molecule has 0 unspecified atom stereocenters. The maximum atomic E-state index is 12.9. The minimum atomic E-state index is -4.20. The first kappa shape index (κ1) is 17.3. The van der Waals surface area contributed by atoms with Crippen molar-refractivity contribution in [1.29, 1.82) is 0 Å². The van der Waals surface area contributed by atoms with Crippen molar-refractivity contribution in [1.82, 2.24) is 19.7 Å². The summed E-state index contributed by atoms with van der Waals surface area (Å²) in [4.78, 5) is 8.31. The molecule has 0 saturated heterocycles. The Hall–Kier alpha value is -2.03. The standard InChI is InChI=1S/C14H16F4N4O/c1-9(2)12-20-11(7-23-8-14(17,18)13(15)16)22(21-12)10-5-3-4-6-19-10/h3-6,9,13H,7-8H2,1-2H3. The van der Waals surface area contributed by atoms with Crippen LogP contribution in [0.1, 0.15) is 31.4 Å². The molecule has 23 heavy (non-hydrogen) atoms. The number of ether oxygens (including phenoxy) is 1. The zero-order valence-electron chi connectivity index (χ0n) is 12.6. The molecule has 0 atom stereocenters. The van der Waals surface area contributed by atoms with Crippen LogP contribution in [0.4, 0.5) is 17.6 Å². The summed E-state index contributed by atoms with van der Waals surface area (Å²) in [6, 6.07) is 5.11. The predicted octanol–water partition coefficient (Wildman–Crippen LogP) is 3.20. The van der Waals surface area contributed by atoms with E-state index in [0.29, 0.717) is 11.6 Å². The second-order valence-electron chi connectivity index (χ2n) is 5.20. The van der Waals surface area contributed by atoms with E-state index in [2.05, 4.69) is 15.1 Å². The molecule has 0 aromatic carbocycles. The first-order valence-electron chi connectivity index (χ1n) is 6.92. The number of halogens is 4. The fourth-order valence-electron chi connectivity index (χ4n) is 1.70. The topological polar surface area (TPSA) is 52.8 Å². The second-order valence-corrected chi connectivity index (χ2v) is 5.20. The SMILES string of the molecule is CC(C)c1nc(COCC(F)(F)C(F)F)n(-c2ccccn2)n1. The van der Waals surface area contributed by atoms with Crippen LogP contribution in [0, 0.1) is 0 Å². The normalized spacial score (nSPS) is 12.3. The average molecular weight is 332 g/mol. The minimum absolute atomic E-state index is 0.00113. The zero-order valence-corrected chi connectivity index (χ0v) is 12.6. The van der Waals surface area contributed by atoms with Crippen molar-refractivity contribution in [3.63, 3.8) is 0 Å². The van der Waals surface area contributed by atoms with Gasteiger partial charge < -0.3 is 4.74 Å². The average Bonchev–Trinajstić information content (AvgIpc) is 2.92. The molecule has 0 aliphatic rings. The summed E-state index contributed by atoms with van der Waals surface area (Å²) in [5.74, 6) is -3.06. The van der Waals surface area contributed by atoms with E-state index >= 15 is 0 Å². The Bertz CT molecular complexity index is 631. The highest BCUT2D eigenvalue weighted by molar-refractivity contribution is 5.22. The van der Waals surface area contributed by atoms with Crippen LogP contribution in [0.3, 0.4) is 0 Å². The highest BCUT2D eigenvalue weighted by atomic mass is 19.3. The van der Waals surface area contributed by atoms with Crippen molar-refractivity contribution in [2.75, 3.05) is 6.61 Å². The molecule has 9 heteroatoms. The van der Waals surface area contributed by atoms with Crippen molar-refractivity contribution in [2.24, 2.45) is 0 Å². The number of alkyl halides is 4. The molecule has 0 aliphatic heterocycles. The largest absolute Gasteiger partial charge is 0.367 e. The number of nitrogens with zero attached hydrogens (tertiary/aromatic N) is 4.